The van der Waals surface area contributed by atoms with Gasteiger partial charge in [-0.25, -0.2) is 15.0 Å². The molecular weight excluding hydrogens is 795 g/mol. The fourth-order valence-electron chi connectivity index (χ4n) is 10.2. The number of fused-ring (bicyclic) bond motifs is 9. The zero-order chi connectivity index (χ0) is 43.2. The molecule has 4 heterocycles. The van der Waals surface area contributed by atoms with Crippen molar-refractivity contribution in [3.8, 4) is 39.2 Å². The monoisotopic (exact) mass is 835 g/mol. The molecule has 0 bridgehead atoms. The van der Waals surface area contributed by atoms with Gasteiger partial charge in [0.2, 0.25) is 0 Å². The fourth-order valence-corrected chi connectivity index (χ4v) is 10.2. The van der Waals surface area contributed by atoms with Gasteiger partial charge < -0.3 is 14.3 Å². The number of para-hydroxylation sites is 1. The van der Waals surface area contributed by atoms with Crippen molar-refractivity contribution in [1.29, 1.82) is 0 Å². The molecule has 2 aliphatic rings. The Hall–Kier alpha value is -8.35. The Labute approximate surface area is 375 Å². The highest BCUT2D eigenvalue weighted by molar-refractivity contribution is 6.16. The van der Waals surface area contributed by atoms with Crippen LogP contribution in [-0.4, -0.2) is 21.2 Å². The molecule has 13 rings (SSSR count). The lowest BCUT2D eigenvalue weighted by molar-refractivity contribution is 0.660. The predicted molar refractivity (Wildman–Crippen MR) is 266 cm³/mol. The first-order valence-corrected chi connectivity index (χ1v) is 22.2. The van der Waals surface area contributed by atoms with Crippen LogP contribution < -0.4 is 5.32 Å². The molecule has 8 aromatic carbocycles. The maximum absolute atomic E-state index is 6.58. The van der Waals surface area contributed by atoms with Crippen LogP contribution in [0.5, 0.6) is 0 Å². The van der Waals surface area contributed by atoms with Gasteiger partial charge in [0.25, 0.3) is 0 Å². The first-order chi connectivity index (χ1) is 32.0. The molecule has 0 saturated carbocycles. The maximum atomic E-state index is 6.58. The Morgan fingerprint density at radius 2 is 1.12 bits per heavy atom. The second kappa shape index (κ2) is 14.3. The third kappa shape index (κ3) is 5.91. The van der Waals surface area contributed by atoms with Crippen LogP contribution in [0.4, 0.5) is 0 Å². The van der Waals surface area contributed by atoms with E-state index in [0.717, 1.165) is 106 Å². The predicted octanol–water partition coefficient (Wildman–Crippen LogP) is 14.2. The van der Waals surface area contributed by atoms with Crippen molar-refractivity contribution in [2.45, 2.75) is 25.4 Å². The van der Waals surface area contributed by atoms with Crippen LogP contribution >= 0.6 is 0 Å². The molecule has 3 aromatic heterocycles. The molecule has 0 radical (unpaired) electrons. The van der Waals surface area contributed by atoms with Crippen LogP contribution in [0.2, 0.25) is 0 Å². The van der Waals surface area contributed by atoms with Crippen molar-refractivity contribution in [2.75, 3.05) is 0 Å². The molecule has 0 unspecified atom stereocenters. The summed E-state index contributed by atoms with van der Waals surface area (Å²) in [4.78, 5) is 15.9. The number of aliphatic imine (C=N–C) groups is 2. The molecule has 308 valence electrons. The van der Waals surface area contributed by atoms with Crippen molar-refractivity contribution >= 4 is 55.5 Å². The lowest BCUT2D eigenvalue weighted by Crippen LogP contribution is -2.35. The molecule has 0 atom stereocenters. The molecule has 65 heavy (non-hydrogen) atoms. The highest BCUT2D eigenvalue weighted by atomic mass is 16.3. The molecule has 1 N–H and O–H groups in total. The Balaban J connectivity index is 0.944. The van der Waals surface area contributed by atoms with Crippen molar-refractivity contribution < 1.29 is 4.42 Å². The summed E-state index contributed by atoms with van der Waals surface area (Å²) in [6, 6.07) is 70.7. The van der Waals surface area contributed by atoms with Crippen LogP contribution in [0.25, 0.3) is 83.1 Å². The van der Waals surface area contributed by atoms with Gasteiger partial charge in [-0.3, -0.25) is 0 Å². The highest BCUT2D eigenvalue weighted by Gasteiger charge is 2.37. The number of furan rings is 1. The molecule has 1 aliphatic carbocycles. The number of nitrogens with zero attached hydrogens (tertiary/aromatic N) is 4. The number of hydrogen-bond acceptors (Lipinski definition) is 5. The quantitative estimate of drug-likeness (QED) is 0.181. The second-order valence-electron chi connectivity index (χ2n) is 17.6. The first kappa shape index (κ1) is 37.2. The van der Waals surface area contributed by atoms with E-state index in [0.29, 0.717) is 0 Å². The number of pyridine rings is 1. The molecular formula is C59H41N5O. The Kier molecular flexibility index (Phi) is 8.21. The van der Waals surface area contributed by atoms with E-state index >= 15 is 0 Å². The molecule has 0 fully saturated rings. The van der Waals surface area contributed by atoms with Gasteiger partial charge in [0.15, 0.2) is 6.17 Å². The minimum Gasteiger partial charge on any atom is -0.456 e. The van der Waals surface area contributed by atoms with E-state index in [1.807, 2.05) is 36.4 Å². The van der Waals surface area contributed by atoms with Gasteiger partial charge in [0.1, 0.15) is 22.8 Å². The van der Waals surface area contributed by atoms with Gasteiger partial charge in [-0.15, -0.1) is 0 Å². The summed E-state index contributed by atoms with van der Waals surface area (Å²) in [5.74, 6) is 1.59. The molecule has 0 saturated heterocycles. The molecule has 0 amide bonds. The van der Waals surface area contributed by atoms with Crippen LogP contribution in [0.1, 0.15) is 47.8 Å². The second-order valence-corrected chi connectivity index (χ2v) is 17.6. The number of amidine groups is 2. The lowest BCUT2D eigenvalue weighted by atomic mass is 9.83. The smallest absolute Gasteiger partial charge is 0.169 e. The molecule has 1 aliphatic heterocycles. The maximum Gasteiger partial charge on any atom is 0.169 e. The van der Waals surface area contributed by atoms with Crippen molar-refractivity contribution in [3.63, 3.8) is 0 Å². The highest BCUT2D eigenvalue weighted by Crippen LogP contribution is 2.50. The minimum atomic E-state index is -0.437. The molecule has 6 nitrogen and oxygen atoms in total. The van der Waals surface area contributed by atoms with Crippen LogP contribution in [-0.2, 0) is 5.41 Å². The topological polar surface area (TPSA) is 67.7 Å². The number of nitrogens with one attached hydrogen (secondary N) is 1. The fraction of sp³-hybridized carbons (Fsp3) is 0.0678. The average Bonchev–Trinajstić information content (AvgIpc) is 3.98. The van der Waals surface area contributed by atoms with Crippen molar-refractivity contribution in [2.24, 2.45) is 9.98 Å². The van der Waals surface area contributed by atoms with E-state index in [-0.39, 0.29) is 5.41 Å². The third-order valence-electron chi connectivity index (χ3n) is 13.4. The van der Waals surface area contributed by atoms with E-state index in [1.165, 1.54) is 16.7 Å². The van der Waals surface area contributed by atoms with Crippen molar-refractivity contribution in [3.05, 3.63) is 228 Å². The zero-order valence-electron chi connectivity index (χ0n) is 35.8. The van der Waals surface area contributed by atoms with Gasteiger partial charge >= 0.3 is 0 Å². The minimum absolute atomic E-state index is 0.160. The summed E-state index contributed by atoms with van der Waals surface area (Å²) in [6.45, 7) is 4.63. The summed E-state index contributed by atoms with van der Waals surface area (Å²) in [5, 5.41) is 6.78. The SMILES string of the molecule is CC1(C)c2ccccc2-c2nc3c4cc(-c5ccc6oc7cccc(-c8cccc(C9N=C(c%10ccccc%10)NC(c%10ccccc%10)=N9)c8)c7c6c5)ccc4n(-c4ccccc4)c3cc21. The van der Waals surface area contributed by atoms with Gasteiger partial charge in [-0.2, -0.15) is 0 Å². The molecule has 11 aromatic rings. The lowest BCUT2D eigenvalue weighted by Gasteiger charge is -2.22. The summed E-state index contributed by atoms with van der Waals surface area (Å²) in [6.07, 6.45) is -0.437. The summed E-state index contributed by atoms with van der Waals surface area (Å²) >= 11 is 0. The van der Waals surface area contributed by atoms with E-state index < -0.39 is 6.17 Å². The Morgan fingerprint density at radius 1 is 0.492 bits per heavy atom. The van der Waals surface area contributed by atoms with E-state index in [4.69, 9.17) is 19.4 Å². The van der Waals surface area contributed by atoms with Gasteiger partial charge in [-0.05, 0) is 93.5 Å². The molecule has 0 spiro atoms. The average molecular weight is 836 g/mol. The van der Waals surface area contributed by atoms with Crippen molar-refractivity contribution in [1.82, 2.24) is 14.9 Å². The Bertz CT molecular complexity index is 3710. The molecule has 6 heteroatoms. The van der Waals surface area contributed by atoms with Gasteiger partial charge in [0, 0.05) is 44.0 Å². The van der Waals surface area contributed by atoms with Gasteiger partial charge in [0.05, 0.1) is 22.2 Å². The summed E-state index contributed by atoms with van der Waals surface area (Å²) in [7, 11) is 0. The van der Waals surface area contributed by atoms with E-state index in [9.17, 15) is 0 Å². The van der Waals surface area contributed by atoms with Crippen LogP contribution in [0.15, 0.2) is 215 Å². The number of benzene rings is 8. The summed E-state index contributed by atoms with van der Waals surface area (Å²) in [5.41, 5.74) is 18.2. The number of hydrogen-bond donors (Lipinski definition) is 1. The standard InChI is InChI=1S/C59H41N5O/c1-59(2)47-26-13-12-24-44(47)54-48(59)35-50-55(60-54)45-33-38(28-30-49(45)64(50)42-22-10-5-11-23-42)39-29-31-51-46(34-39)53-43(25-15-27-52(53)65-51)40-20-14-21-41(32-40)58-62-56(36-16-6-3-7-17-36)61-57(63-58)37-18-8-4-9-19-37/h3-35,58H,1-2H3,(H,61,62,63). The van der Waals surface area contributed by atoms with Gasteiger partial charge in [-0.1, -0.05) is 159 Å². The van der Waals surface area contributed by atoms with E-state index in [1.54, 1.807) is 0 Å². The normalized spacial score (nSPS) is 14.4. The Morgan fingerprint density at radius 3 is 1.88 bits per heavy atom. The number of aromatic nitrogens is 2. The summed E-state index contributed by atoms with van der Waals surface area (Å²) < 4.78 is 8.96. The van der Waals surface area contributed by atoms with Crippen LogP contribution in [0.3, 0.4) is 0 Å². The first-order valence-electron chi connectivity index (χ1n) is 22.2. The number of rotatable bonds is 6. The van der Waals surface area contributed by atoms with Crippen LogP contribution in [0, 0.1) is 0 Å². The third-order valence-corrected chi connectivity index (χ3v) is 13.4. The largest absolute Gasteiger partial charge is 0.456 e. The zero-order valence-corrected chi connectivity index (χ0v) is 35.8. The van der Waals surface area contributed by atoms with E-state index in [2.05, 4.69) is 188 Å².